The van der Waals surface area contributed by atoms with Crippen LogP contribution in [0.5, 0.6) is 11.6 Å². The monoisotopic (exact) mass is 316 g/mol. The number of hydrogen-bond donors (Lipinski definition) is 1. The highest BCUT2D eigenvalue weighted by atomic mass is 16.5. The average molecular weight is 316 g/mol. The molecule has 6 heteroatoms. The summed E-state index contributed by atoms with van der Waals surface area (Å²) in [6, 6.07) is 8.34. The molecule has 3 rings (SSSR count). The molecule has 1 aromatic heterocycles. The topological polar surface area (TPSA) is 73.5 Å². The molecule has 2 aromatic rings. The number of methoxy groups -OCH3 is 1. The molecule has 1 heterocycles. The zero-order valence-corrected chi connectivity index (χ0v) is 13.1. The Morgan fingerprint density at radius 1 is 1.17 bits per heavy atom. The second kappa shape index (κ2) is 6.32. The Balaban J connectivity index is 1.88. The van der Waals surface area contributed by atoms with Crippen molar-refractivity contribution < 1.29 is 9.84 Å². The molecule has 0 amide bonds. The maximum atomic E-state index is 12.5. The number of hydrogen-bond acceptors (Lipinski definition) is 4. The molecule has 1 fully saturated rings. The third-order valence-electron chi connectivity index (χ3n) is 4.21. The number of aromatic hydroxyl groups is 1. The maximum absolute atomic E-state index is 12.5. The van der Waals surface area contributed by atoms with Gasteiger partial charge in [0.2, 0.25) is 5.88 Å². The number of aromatic nitrogens is 2. The Bertz CT molecular complexity index is 801. The predicted octanol–water partition coefficient (Wildman–Crippen LogP) is 1.57. The first-order valence-electron chi connectivity index (χ1n) is 7.75. The highest BCUT2D eigenvalue weighted by Crippen LogP contribution is 2.32. The molecule has 122 valence electrons. The third kappa shape index (κ3) is 3.47. The summed E-state index contributed by atoms with van der Waals surface area (Å²) >= 11 is 0. The highest BCUT2D eigenvalue weighted by Gasteiger charge is 2.22. The van der Waals surface area contributed by atoms with Gasteiger partial charge in [-0.1, -0.05) is 25.0 Å². The molecule has 1 aliphatic rings. The SMILES string of the molecule is COc1ccc(Cn2c(O)cc(=O)n(CCC3CC3)c2=O)cc1. The standard InChI is InChI=1S/C17H20N2O4/c1-23-14-6-4-13(5-7-14)11-19-16(21)10-15(20)18(17(19)22)9-8-12-2-3-12/h4-7,10,12,21H,2-3,8-9,11H2,1H3. The smallest absolute Gasteiger partial charge is 0.334 e. The van der Waals surface area contributed by atoms with Crippen LogP contribution in [-0.2, 0) is 13.1 Å². The molecule has 0 aliphatic heterocycles. The van der Waals surface area contributed by atoms with Crippen molar-refractivity contribution in [3.05, 3.63) is 56.7 Å². The highest BCUT2D eigenvalue weighted by molar-refractivity contribution is 5.27. The third-order valence-corrected chi connectivity index (χ3v) is 4.21. The van der Waals surface area contributed by atoms with Crippen LogP contribution in [0, 0.1) is 5.92 Å². The van der Waals surface area contributed by atoms with Gasteiger partial charge in [-0.05, 0) is 30.0 Å². The van der Waals surface area contributed by atoms with Crippen LogP contribution < -0.4 is 16.0 Å². The van der Waals surface area contributed by atoms with E-state index < -0.39 is 11.2 Å². The molecule has 1 N–H and O–H groups in total. The van der Waals surface area contributed by atoms with E-state index in [-0.39, 0.29) is 12.4 Å². The number of rotatable bonds is 6. The van der Waals surface area contributed by atoms with Crippen molar-refractivity contribution in [1.82, 2.24) is 9.13 Å². The Morgan fingerprint density at radius 2 is 1.87 bits per heavy atom. The van der Waals surface area contributed by atoms with Gasteiger partial charge in [0, 0.05) is 6.54 Å². The van der Waals surface area contributed by atoms with Crippen LogP contribution in [0.2, 0.25) is 0 Å². The van der Waals surface area contributed by atoms with Gasteiger partial charge in [0.25, 0.3) is 5.56 Å². The van der Waals surface area contributed by atoms with Crippen LogP contribution in [-0.4, -0.2) is 21.4 Å². The predicted molar refractivity (Wildman–Crippen MR) is 86.1 cm³/mol. The van der Waals surface area contributed by atoms with Crippen LogP contribution in [0.1, 0.15) is 24.8 Å². The quantitative estimate of drug-likeness (QED) is 0.878. The molecular formula is C17H20N2O4. The molecule has 0 radical (unpaired) electrons. The van der Waals surface area contributed by atoms with Crippen LogP contribution in [0.3, 0.4) is 0 Å². The van der Waals surface area contributed by atoms with Gasteiger partial charge in [-0.15, -0.1) is 0 Å². The van der Waals surface area contributed by atoms with Crippen molar-refractivity contribution in [1.29, 1.82) is 0 Å². The molecule has 1 aromatic carbocycles. The fourth-order valence-electron chi connectivity index (χ4n) is 2.59. The van der Waals surface area contributed by atoms with E-state index >= 15 is 0 Å². The molecule has 0 bridgehead atoms. The molecule has 1 saturated carbocycles. The van der Waals surface area contributed by atoms with Gasteiger partial charge in [0.1, 0.15) is 5.75 Å². The van der Waals surface area contributed by atoms with Crippen molar-refractivity contribution in [3.8, 4) is 11.6 Å². The van der Waals surface area contributed by atoms with Crippen molar-refractivity contribution >= 4 is 0 Å². The largest absolute Gasteiger partial charge is 0.497 e. The van der Waals surface area contributed by atoms with E-state index in [4.69, 9.17) is 4.74 Å². The first-order chi connectivity index (χ1) is 11.1. The summed E-state index contributed by atoms with van der Waals surface area (Å²) in [6.07, 6.45) is 3.18. The van der Waals surface area contributed by atoms with E-state index in [2.05, 4.69) is 0 Å². The Hall–Kier alpha value is -2.50. The first-order valence-corrected chi connectivity index (χ1v) is 7.75. The van der Waals surface area contributed by atoms with Crippen molar-refractivity contribution in [2.45, 2.75) is 32.4 Å². The van der Waals surface area contributed by atoms with Gasteiger partial charge in [-0.3, -0.25) is 13.9 Å². The minimum Gasteiger partial charge on any atom is -0.497 e. The first kappa shape index (κ1) is 15.4. The lowest BCUT2D eigenvalue weighted by Crippen LogP contribution is -2.39. The van der Waals surface area contributed by atoms with E-state index in [0.29, 0.717) is 12.5 Å². The van der Waals surface area contributed by atoms with E-state index in [1.807, 2.05) is 12.1 Å². The zero-order chi connectivity index (χ0) is 16.4. The summed E-state index contributed by atoms with van der Waals surface area (Å²) in [5, 5.41) is 9.97. The van der Waals surface area contributed by atoms with Gasteiger partial charge >= 0.3 is 5.69 Å². The molecule has 0 spiro atoms. The Kier molecular flexibility index (Phi) is 4.23. The van der Waals surface area contributed by atoms with Crippen LogP contribution in [0.25, 0.3) is 0 Å². The number of ether oxygens (including phenoxy) is 1. The summed E-state index contributed by atoms with van der Waals surface area (Å²) in [4.78, 5) is 24.5. The second-order valence-electron chi connectivity index (χ2n) is 5.94. The van der Waals surface area contributed by atoms with Crippen molar-refractivity contribution in [3.63, 3.8) is 0 Å². The normalized spacial score (nSPS) is 14.0. The Labute approximate surface area is 133 Å². The maximum Gasteiger partial charge on any atom is 0.334 e. The molecular weight excluding hydrogens is 296 g/mol. The minimum atomic E-state index is -0.466. The van der Waals surface area contributed by atoms with Crippen molar-refractivity contribution in [2.24, 2.45) is 5.92 Å². The molecule has 23 heavy (non-hydrogen) atoms. The molecule has 0 saturated heterocycles. The lowest BCUT2D eigenvalue weighted by molar-refractivity contribution is 0.394. The van der Waals surface area contributed by atoms with E-state index in [1.54, 1.807) is 19.2 Å². The average Bonchev–Trinajstić information content (AvgIpc) is 3.36. The van der Waals surface area contributed by atoms with Crippen LogP contribution >= 0.6 is 0 Å². The Morgan fingerprint density at radius 3 is 2.48 bits per heavy atom. The molecule has 0 unspecified atom stereocenters. The summed E-state index contributed by atoms with van der Waals surface area (Å²) in [7, 11) is 1.58. The fourth-order valence-corrected chi connectivity index (χ4v) is 2.59. The fraction of sp³-hybridized carbons (Fsp3) is 0.412. The lowest BCUT2D eigenvalue weighted by Gasteiger charge is -2.12. The summed E-state index contributed by atoms with van der Waals surface area (Å²) in [5.74, 6) is 1.04. The zero-order valence-electron chi connectivity index (χ0n) is 13.1. The van der Waals surface area contributed by atoms with E-state index in [9.17, 15) is 14.7 Å². The van der Waals surface area contributed by atoms with Gasteiger partial charge in [-0.25, -0.2) is 4.79 Å². The van der Waals surface area contributed by atoms with Gasteiger partial charge in [0.15, 0.2) is 0 Å². The van der Waals surface area contributed by atoms with E-state index in [1.165, 1.54) is 22.0 Å². The molecule has 6 nitrogen and oxygen atoms in total. The van der Waals surface area contributed by atoms with Gasteiger partial charge in [-0.2, -0.15) is 0 Å². The second-order valence-corrected chi connectivity index (χ2v) is 5.94. The molecule has 0 atom stereocenters. The van der Waals surface area contributed by atoms with Crippen LogP contribution in [0.15, 0.2) is 39.9 Å². The van der Waals surface area contributed by atoms with Crippen LogP contribution in [0.4, 0.5) is 0 Å². The van der Waals surface area contributed by atoms with Gasteiger partial charge < -0.3 is 9.84 Å². The summed E-state index contributed by atoms with van der Waals surface area (Å²) < 4.78 is 7.53. The van der Waals surface area contributed by atoms with E-state index in [0.717, 1.165) is 23.8 Å². The number of nitrogens with zero attached hydrogens (tertiary/aromatic N) is 2. The summed E-state index contributed by atoms with van der Waals surface area (Å²) in [6.45, 7) is 0.615. The molecule has 1 aliphatic carbocycles. The summed E-state index contributed by atoms with van der Waals surface area (Å²) in [5.41, 5.74) is -0.0683. The van der Waals surface area contributed by atoms with Crippen molar-refractivity contribution in [2.75, 3.05) is 7.11 Å². The lowest BCUT2D eigenvalue weighted by atomic mass is 10.2. The minimum absolute atomic E-state index is 0.207. The van der Waals surface area contributed by atoms with Gasteiger partial charge in [0.05, 0.1) is 19.7 Å². The number of benzene rings is 1.